The highest BCUT2D eigenvalue weighted by Gasteiger charge is 2.34. The maximum atomic E-state index is 12.5. The van der Waals surface area contributed by atoms with Gasteiger partial charge in [-0.25, -0.2) is 8.42 Å². The maximum Gasteiger partial charge on any atom is 0.248 e. The van der Waals surface area contributed by atoms with Crippen LogP contribution in [0.5, 0.6) is 0 Å². The summed E-state index contributed by atoms with van der Waals surface area (Å²) in [7, 11) is -1.97. The van der Waals surface area contributed by atoms with Crippen LogP contribution in [-0.2, 0) is 21.3 Å². The topological polar surface area (TPSA) is 90.5 Å². The molecule has 1 aliphatic rings. The van der Waals surface area contributed by atoms with E-state index in [4.69, 9.17) is 10.5 Å². The number of aryl methyl sites for hydroxylation is 1. The second-order valence-electron chi connectivity index (χ2n) is 4.65. The molecule has 0 amide bonds. The van der Waals surface area contributed by atoms with Crippen LogP contribution < -0.4 is 5.73 Å². The Hall–Kier alpha value is -1.12. The zero-order valence-electron chi connectivity index (χ0n) is 11.2. The summed E-state index contributed by atoms with van der Waals surface area (Å²) in [4.78, 5) is 0.0951. The fraction of sp³-hybridized carbons (Fsp3) is 0.727. The third-order valence-corrected chi connectivity index (χ3v) is 5.15. The van der Waals surface area contributed by atoms with E-state index in [1.807, 2.05) is 6.92 Å². The lowest BCUT2D eigenvalue weighted by molar-refractivity contribution is 0.115. The SMILES string of the molecule is CCCn1cc(S(=O)(=O)N2CCC(OC)C2)c(N)n1. The molecule has 0 spiro atoms. The van der Waals surface area contributed by atoms with Crippen LogP contribution in [0.15, 0.2) is 11.1 Å². The molecule has 1 aromatic rings. The van der Waals surface area contributed by atoms with E-state index < -0.39 is 10.0 Å². The number of rotatable bonds is 5. The number of nitrogen functional groups attached to an aromatic ring is 1. The first-order valence-electron chi connectivity index (χ1n) is 6.35. The Morgan fingerprint density at radius 2 is 2.32 bits per heavy atom. The third-order valence-electron chi connectivity index (χ3n) is 3.27. The molecule has 2 heterocycles. The highest BCUT2D eigenvalue weighted by Crippen LogP contribution is 2.25. The number of methoxy groups -OCH3 is 1. The van der Waals surface area contributed by atoms with Crippen molar-refractivity contribution < 1.29 is 13.2 Å². The van der Waals surface area contributed by atoms with Gasteiger partial charge in [0.05, 0.1) is 6.10 Å². The van der Waals surface area contributed by atoms with Gasteiger partial charge in [-0.15, -0.1) is 0 Å². The molecule has 1 aromatic heterocycles. The third kappa shape index (κ3) is 2.75. The monoisotopic (exact) mass is 288 g/mol. The summed E-state index contributed by atoms with van der Waals surface area (Å²) in [6, 6.07) is 0. The van der Waals surface area contributed by atoms with Crippen LogP contribution in [0.4, 0.5) is 5.82 Å². The minimum Gasteiger partial charge on any atom is -0.381 e. The van der Waals surface area contributed by atoms with Crippen LogP contribution >= 0.6 is 0 Å². The molecule has 0 saturated carbocycles. The Balaban J connectivity index is 2.24. The van der Waals surface area contributed by atoms with Gasteiger partial charge >= 0.3 is 0 Å². The Bertz CT molecular complexity index is 540. The van der Waals surface area contributed by atoms with E-state index in [-0.39, 0.29) is 16.8 Å². The van der Waals surface area contributed by atoms with Crippen LogP contribution in [0.3, 0.4) is 0 Å². The molecule has 2 N–H and O–H groups in total. The second kappa shape index (κ2) is 5.48. The molecule has 1 saturated heterocycles. The number of sulfonamides is 1. The molecule has 19 heavy (non-hydrogen) atoms. The van der Waals surface area contributed by atoms with Gasteiger partial charge in [-0.3, -0.25) is 4.68 Å². The van der Waals surface area contributed by atoms with Gasteiger partial charge in [0.25, 0.3) is 0 Å². The van der Waals surface area contributed by atoms with E-state index in [1.165, 1.54) is 10.5 Å². The fourth-order valence-electron chi connectivity index (χ4n) is 2.21. The second-order valence-corrected chi connectivity index (χ2v) is 6.56. The highest BCUT2D eigenvalue weighted by atomic mass is 32.2. The summed E-state index contributed by atoms with van der Waals surface area (Å²) < 4.78 is 33.1. The zero-order chi connectivity index (χ0) is 14.0. The molecule has 1 unspecified atom stereocenters. The standard InChI is InChI=1S/C11H20N4O3S/c1-3-5-14-8-10(11(12)13-14)19(16,17)15-6-4-9(7-15)18-2/h8-9H,3-7H2,1-2H3,(H2,12,13). The van der Waals surface area contributed by atoms with E-state index in [1.54, 1.807) is 11.8 Å². The van der Waals surface area contributed by atoms with Crippen molar-refractivity contribution in [3.05, 3.63) is 6.20 Å². The van der Waals surface area contributed by atoms with Gasteiger partial charge in [0.2, 0.25) is 10.0 Å². The van der Waals surface area contributed by atoms with Crippen molar-refractivity contribution in [2.24, 2.45) is 0 Å². The minimum atomic E-state index is -3.56. The molecule has 8 heteroatoms. The molecule has 1 atom stereocenters. The quantitative estimate of drug-likeness (QED) is 0.840. The molecule has 0 aliphatic carbocycles. The summed E-state index contributed by atoms with van der Waals surface area (Å²) in [6.07, 6.45) is 3.05. The molecular weight excluding hydrogens is 268 g/mol. The highest BCUT2D eigenvalue weighted by molar-refractivity contribution is 7.89. The van der Waals surface area contributed by atoms with Crippen molar-refractivity contribution in [3.8, 4) is 0 Å². The zero-order valence-corrected chi connectivity index (χ0v) is 12.1. The first-order chi connectivity index (χ1) is 8.98. The molecule has 0 bridgehead atoms. The predicted molar refractivity (Wildman–Crippen MR) is 71.1 cm³/mol. The molecule has 0 aromatic carbocycles. The number of nitrogens with zero attached hydrogens (tertiary/aromatic N) is 3. The normalized spacial score (nSPS) is 21.1. The van der Waals surface area contributed by atoms with Crippen LogP contribution in [0.1, 0.15) is 19.8 Å². The van der Waals surface area contributed by atoms with Crippen LogP contribution in [0.25, 0.3) is 0 Å². The molecule has 1 fully saturated rings. The number of hydrogen-bond acceptors (Lipinski definition) is 5. The van der Waals surface area contributed by atoms with Crippen molar-refractivity contribution >= 4 is 15.8 Å². The largest absolute Gasteiger partial charge is 0.381 e. The minimum absolute atomic E-state index is 0.0401. The average molecular weight is 288 g/mol. The number of nitrogens with two attached hydrogens (primary N) is 1. The van der Waals surface area contributed by atoms with E-state index in [0.29, 0.717) is 26.1 Å². The van der Waals surface area contributed by atoms with E-state index in [2.05, 4.69) is 5.10 Å². The Morgan fingerprint density at radius 3 is 2.89 bits per heavy atom. The lowest BCUT2D eigenvalue weighted by Gasteiger charge is -2.15. The van der Waals surface area contributed by atoms with Gasteiger partial charge in [-0.2, -0.15) is 9.40 Å². The summed E-state index contributed by atoms with van der Waals surface area (Å²) >= 11 is 0. The molecular formula is C11H20N4O3S. The number of aromatic nitrogens is 2. The first-order valence-corrected chi connectivity index (χ1v) is 7.79. The Morgan fingerprint density at radius 1 is 1.58 bits per heavy atom. The summed E-state index contributed by atoms with van der Waals surface area (Å²) in [5, 5.41) is 4.03. The van der Waals surface area contributed by atoms with E-state index >= 15 is 0 Å². The smallest absolute Gasteiger partial charge is 0.248 e. The van der Waals surface area contributed by atoms with Gasteiger partial charge in [-0.05, 0) is 12.8 Å². The predicted octanol–water partition coefficient (Wildman–Crippen LogP) is 0.285. The van der Waals surface area contributed by atoms with Crippen molar-refractivity contribution in [1.29, 1.82) is 0 Å². The number of anilines is 1. The summed E-state index contributed by atoms with van der Waals surface area (Å²) in [6.45, 7) is 3.48. The van der Waals surface area contributed by atoms with Crippen LogP contribution in [0.2, 0.25) is 0 Å². The fourth-order valence-corrected chi connectivity index (χ4v) is 3.75. The summed E-state index contributed by atoms with van der Waals surface area (Å²) in [5.41, 5.74) is 5.72. The van der Waals surface area contributed by atoms with E-state index in [9.17, 15) is 8.42 Å². The Kier molecular flexibility index (Phi) is 4.12. The summed E-state index contributed by atoms with van der Waals surface area (Å²) in [5.74, 6) is 0.0642. The molecule has 108 valence electrons. The maximum absolute atomic E-state index is 12.5. The van der Waals surface area contributed by atoms with Crippen molar-refractivity contribution in [2.45, 2.75) is 37.3 Å². The van der Waals surface area contributed by atoms with Gasteiger partial charge < -0.3 is 10.5 Å². The Labute approximate surface area is 113 Å². The lowest BCUT2D eigenvalue weighted by Crippen LogP contribution is -2.30. The van der Waals surface area contributed by atoms with E-state index in [0.717, 1.165) is 6.42 Å². The van der Waals surface area contributed by atoms with Gasteiger partial charge in [0.1, 0.15) is 4.90 Å². The van der Waals surface area contributed by atoms with Gasteiger partial charge in [0, 0.05) is 32.9 Å². The van der Waals surface area contributed by atoms with Crippen LogP contribution in [0, 0.1) is 0 Å². The lowest BCUT2D eigenvalue weighted by atomic mass is 10.3. The van der Waals surface area contributed by atoms with Crippen molar-refractivity contribution in [1.82, 2.24) is 14.1 Å². The number of ether oxygens (including phenoxy) is 1. The van der Waals surface area contributed by atoms with Crippen molar-refractivity contribution in [2.75, 3.05) is 25.9 Å². The van der Waals surface area contributed by atoms with Crippen LogP contribution in [-0.4, -0.2) is 48.8 Å². The molecule has 7 nitrogen and oxygen atoms in total. The van der Waals surface area contributed by atoms with Gasteiger partial charge in [-0.1, -0.05) is 6.92 Å². The van der Waals surface area contributed by atoms with Crippen molar-refractivity contribution in [3.63, 3.8) is 0 Å². The van der Waals surface area contributed by atoms with Gasteiger partial charge in [0.15, 0.2) is 5.82 Å². The molecule has 1 aliphatic heterocycles. The number of hydrogen-bond donors (Lipinski definition) is 1. The molecule has 2 rings (SSSR count). The molecule has 0 radical (unpaired) electrons. The average Bonchev–Trinajstić information content (AvgIpc) is 2.96. The first kappa shape index (κ1) is 14.3.